The van der Waals surface area contributed by atoms with Gasteiger partial charge in [0.05, 0.1) is 13.2 Å². The molecule has 0 saturated carbocycles. The predicted octanol–water partition coefficient (Wildman–Crippen LogP) is 1.34. The van der Waals surface area contributed by atoms with Gasteiger partial charge in [-0.15, -0.1) is 0 Å². The van der Waals surface area contributed by atoms with E-state index in [2.05, 4.69) is 39.3 Å². The monoisotopic (exact) mass is 253 g/mol. The van der Waals surface area contributed by atoms with Crippen LogP contribution in [-0.4, -0.2) is 29.2 Å². The molecule has 0 saturated heterocycles. The number of hydrogen-bond acceptors (Lipinski definition) is 5. The summed E-state index contributed by atoms with van der Waals surface area (Å²) < 4.78 is 0. The summed E-state index contributed by atoms with van der Waals surface area (Å²) in [7, 11) is 0. The van der Waals surface area contributed by atoms with E-state index in [4.69, 9.17) is 11.6 Å². The van der Waals surface area contributed by atoms with Crippen LogP contribution in [0.2, 0.25) is 5.15 Å². The third-order valence-corrected chi connectivity index (χ3v) is 2.78. The summed E-state index contributed by atoms with van der Waals surface area (Å²) in [6, 6.07) is 2.12. The van der Waals surface area contributed by atoms with Crippen molar-refractivity contribution >= 4 is 17.4 Å². The molecule has 0 aliphatic carbocycles. The van der Waals surface area contributed by atoms with Crippen LogP contribution in [0.1, 0.15) is 13.8 Å². The lowest BCUT2D eigenvalue weighted by molar-refractivity contribution is 0.680. The average Bonchev–Trinajstić information content (AvgIpc) is 2.78. The molecule has 2 heterocycles. The van der Waals surface area contributed by atoms with Crippen molar-refractivity contribution in [1.29, 1.82) is 0 Å². The molecular weight excluding hydrogens is 238 g/mol. The van der Waals surface area contributed by atoms with E-state index in [1.54, 1.807) is 6.07 Å². The van der Waals surface area contributed by atoms with Gasteiger partial charge in [0.25, 0.3) is 0 Å². The second kappa shape index (κ2) is 5.23. The minimum atomic E-state index is 0.337. The van der Waals surface area contributed by atoms with E-state index in [0.29, 0.717) is 11.2 Å². The fourth-order valence-corrected chi connectivity index (χ4v) is 1.83. The smallest absolute Gasteiger partial charge is 0.134 e. The Morgan fingerprint density at radius 2 is 2.29 bits per heavy atom. The Morgan fingerprint density at radius 1 is 1.47 bits per heavy atom. The molecule has 0 radical (unpaired) electrons. The van der Waals surface area contributed by atoms with Crippen molar-refractivity contribution in [3.63, 3.8) is 0 Å². The largest absolute Gasteiger partial charge is 0.372 e. The van der Waals surface area contributed by atoms with Gasteiger partial charge in [0, 0.05) is 24.0 Å². The van der Waals surface area contributed by atoms with Gasteiger partial charge in [0.2, 0.25) is 0 Å². The Kier molecular flexibility index (Phi) is 3.68. The van der Waals surface area contributed by atoms with Crippen LogP contribution in [0.15, 0.2) is 24.3 Å². The molecule has 92 valence electrons. The number of nitrogens with zero attached hydrogens (tertiary/aromatic N) is 3. The van der Waals surface area contributed by atoms with Gasteiger partial charge in [0.1, 0.15) is 17.3 Å². The predicted molar refractivity (Wildman–Crippen MR) is 68.7 cm³/mol. The Hall–Kier alpha value is -1.49. The summed E-state index contributed by atoms with van der Waals surface area (Å²) in [6.45, 7) is 5.81. The highest BCUT2D eigenvalue weighted by Crippen LogP contribution is 2.17. The molecule has 1 aromatic rings. The highest BCUT2D eigenvalue weighted by molar-refractivity contribution is 6.29. The molecule has 2 rings (SSSR count). The fourth-order valence-electron chi connectivity index (χ4n) is 1.68. The number of aromatic nitrogens is 2. The van der Waals surface area contributed by atoms with Crippen LogP contribution < -0.4 is 15.5 Å². The maximum Gasteiger partial charge on any atom is 0.134 e. The summed E-state index contributed by atoms with van der Waals surface area (Å²) in [5, 5.41) is 6.84. The maximum absolute atomic E-state index is 5.89. The van der Waals surface area contributed by atoms with Gasteiger partial charge in [-0.2, -0.15) is 0 Å². The van der Waals surface area contributed by atoms with Crippen molar-refractivity contribution < 1.29 is 0 Å². The number of anilines is 1. The Balaban J connectivity index is 2.16. The van der Waals surface area contributed by atoms with E-state index in [-0.39, 0.29) is 0 Å². The van der Waals surface area contributed by atoms with Crippen LogP contribution in [-0.2, 0) is 0 Å². The van der Waals surface area contributed by atoms with E-state index in [9.17, 15) is 0 Å². The van der Waals surface area contributed by atoms with E-state index >= 15 is 0 Å². The first-order valence-corrected chi connectivity index (χ1v) is 5.95. The number of halogens is 1. The molecule has 0 spiro atoms. The molecule has 1 aliphatic rings. The quantitative estimate of drug-likeness (QED) is 0.793. The standard InChI is InChI=1S/C11H16ClN5/c1-8(2)17(5-9-4-13-6-14-9)11-3-10(12)15-7-16-11/h3-4,7-8,13-14H,5-6H2,1-2H3. The normalized spacial score (nSPS) is 14.2. The molecule has 0 atom stereocenters. The minimum absolute atomic E-state index is 0.337. The van der Waals surface area contributed by atoms with Crippen LogP contribution >= 0.6 is 11.6 Å². The molecule has 0 bridgehead atoms. The summed E-state index contributed by atoms with van der Waals surface area (Å²) in [5.41, 5.74) is 1.15. The topological polar surface area (TPSA) is 53.1 Å². The van der Waals surface area contributed by atoms with Crippen molar-refractivity contribution in [2.24, 2.45) is 0 Å². The zero-order chi connectivity index (χ0) is 12.3. The lowest BCUT2D eigenvalue weighted by Crippen LogP contribution is -2.35. The summed E-state index contributed by atoms with van der Waals surface area (Å²) in [5.74, 6) is 0.842. The molecule has 0 aromatic carbocycles. The summed E-state index contributed by atoms with van der Waals surface area (Å²) in [4.78, 5) is 10.3. The molecule has 6 heteroatoms. The highest BCUT2D eigenvalue weighted by Gasteiger charge is 2.15. The first kappa shape index (κ1) is 12.0. The third kappa shape index (κ3) is 3.00. The van der Waals surface area contributed by atoms with Crippen LogP contribution in [0.25, 0.3) is 0 Å². The van der Waals surface area contributed by atoms with Crippen molar-refractivity contribution in [1.82, 2.24) is 20.6 Å². The molecule has 1 aromatic heterocycles. The Labute approximate surface area is 106 Å². The van der Waals surface area contributed by atoms with Gasteiger partial charge in [0.15, 0.2) is 0 Å². The summed E-state index contributed by atoms with van der Waals surface area (Å²) >= 11 is 5.89. The lowest BCUT2D eigenvalue weighted by Gasteiger charge is -2.28. The zero-order valence-electron chi connectivity index (χ0n) is 9.94. The summed E-state index contributed by atoms with van der Waals surface area (Å²) in [6.07, 6.45) is 3.47. The van der Waals surface area contributed by atoms with Gasteiger partial charge in [-0.25, -0.2) is 9.97 Å². The second-order valence-corrected chi connectivity index (χ2v) is 4.54. The van der Waals surface area contributed by atoms with Crippen molar-refractivity contribution in [3.05, 3.63) is 29.4 Å². The molecule has 1 aliphatic heterocycles. The zero-order valence-corrected chi connectivity index (χ0v) is 10.7. The van der Waals surface area contributed by atoms with Crippen LogP contribution in [0, 0.1) is 0 Å². The number of rotatable bonds is 4. The number of hydrogen-bond donors (Lipinski definition) is 2. The molecule has 5 nitrogen and oxygen atoms in total. The molecule has 17 heavy (non-hydrogen) atoms. The maximum atomic E-state index is 5.89. The molecular formula is C11H16ClN5. The highest BCUT2D eigenvalue weighted by atomic mass is 35.5. The van der Waals surface area contributed by atoms with E-state index < -0.39 is 0 Å². The van der Waals surface area contributed by atoms with E-state index in [1.807, 2.05) is 6.20 Å². The SMILES string of the molecule is CC(C)N(CC1=CNCN1)c1cc(Cl)ncn1. The van der Waals surface area contributed by atoms with Crippen LogP contribution in [0.3, 0.4) is 0 Å². The first-order valence-electron chi connectivity index (χ1n) is 5.57. The van der Waals surface area contributed by atoms with E-state index in [1.165, 1.54) is 6.33 Å². The van der Waals surface area contributed by atoms with Crippen molar-refractivity contribution in [2.75, 3.05) is 18.1 Å². The molecule has 0 amide bonds. The second-order valence-electron chi connectivity index (χ2n) is 4.15. The van der Waals surface area contributed by atoms with Crippen LogP contribution in [0.4, 0.5) is 5.82 Å². The fraction of sp³-hybridized carbons (Fsp3) is 0.455. The van der Waals surface area contributed by atoms with Gasteiger partial charge in [-0.3, -0.25) is 0 Å². The molecule has 2 N–H and O–H groups in total. The first-order chi connectivity index (χ1) is 8.16. The number of nitrogens with one attached hydrogen (secondary N) is 2. The average molecular weight is 254 g/mol. The van der Waals surface area contributed by atoms with Crippen molar-refractivity contribution in [2.45, 2.75) is 19.9 Å². The van der Waals surface area contributed by atoms with Gasteiger partial charge in [-0.05, 0) is 13.8 Å². The van der Waals surface area contributed by atoms with Crippen molar-refractivity contribution in [3.8, 4) is 0 Å². The third-order valence-electron chi connectivity index (χ3n) is 2.57. The van der Waals surface area contributed by atoms with Gasteiger partial charge < -0.3 is 15.5 Å². The van der Waals surface area contributed by atoms with E-state index in [0.717, 1.165) is 24.7 Å². The minimum Gasteiger partial charge on any atom is -0.372 e. The molecule has 0 unspecified atom stereocenters. The van der Waals surface area contributed by atoms with Crippen LogP contribution in [0.5, 0.6) is 0 Å². The molecule has 0 fully saturated rings. The lowest BCUT2D eigenvalue weighted by atomic mass is 10.3. The Morgan fingerprint density at radius 3 is 2.88 bits per heavy atom. The Bertz CT molecular complexity index is 418. The van der Waals surface area contributed by atoms with Gasteiger partial charge >= 0.3 is 0 Å². The van der Waals surface area contributed by atoms with Gasteiger partial charge in [-0.1, -0.05) is 11.6 Å².